The van der Waals surface area contributed by atoms with Crippen LogP contribution in [-0.2, 0) is 11.0 Å². The van der Waals surface area contributed by atoms with Gasteiger partial charge in [0.25, 0.3) is 5.82 Å². The van der Waals surface area contributed by atoms with Crippen LogP contribution in [0.4, 0.5) is 13.2 Å². The number of nitrogens with one attached hydrogen (secondary N) is 1. The smallest absolute Gasteiger partial charge is 0.353 e. The molecule has 0 unspecified atom stereocenters. The molecule has 0 saturated heterocycles. The van der Waals surface area contributed by atoms with Gasteiger partial charge in [0, 0.05) is 6.04 Å². The van der Waals surface area contributed by atoms with E-state index in [1.807, 2.05) is 0 Å². The SMILES string of the molecule is CC1CCC(NC(=O)CSc2nnc(C(F)(F)F)n2N)CC1. The fourth-order valence-corrected chi connectivity index (χ4v) is 3.04. The Morgan fingerprint density at radius 2 is 2.00 bits per heavy atom. The van der Waals surface area contributed by atoms with Gasteiger partial charge in [-0.1, -0.05) is 18.7 Å². The van der Waals surface area contributed by atoms with Crippen LogP contribution in [0, 0.1) is 5.92 Å². The zero-order valence-electron chi connectivity index (χ0n) is 12.1. The third kappa shape index (κ3) is 4.28. The molecule has 1 saturated carbocycles. The van der Waals surface area contributed by atoms with Crippen LogP contribution in [0.3, 0.4) is 0 Å². The molecule has 124 valence electrons. The van der Waals surface area contributed by atoms with Crippen molar-refractivity contribution in [3.8, 4) is 0 Å². The zero-order chi connectivity index (χ0) is 16.3. The minimum Gasteiger partial charge on any atom is -0.353 e. The van der Waals surface area contributed by atoms with E-state index in [9.17, 15) is 18.0 Å². The highest BCUT2D eigenvalue weighted by Crippen LogP contribution is 2.29. The lowest BCUT2D eigenvalue weighted by Gasteiger charge is -2.26. The molecule has 1 amide bonds. The highest BCUT2D eigenvalue weighted by atomic mass is 32.2. The maximum absolute atomic E-state index is 12.5. The summed E-state index contributed by atoms with van der Waals surface area (Å²) >= 11 is 0.834. The van der Waals surface area contributed by atoms with Crippen LogP contribution in [-0.4, -0.2) is 32.6 Å². The van der Waals surface area contributed by atoms with E-state index >= 15 is 0 Å². The first-order valence-corrected chi connectivity index (χ1v) is 7.95. The van der Waals surface area contributed by atoms with Crippen molar-refractivity contribution in [1.29, 1.82) is 0 Å². The van der Waals surface area contributed by atoms with Gasteiger partial charge in [0.1, 0.15) is 0 Å². The van der Waals surface area contributed by atoms with Gasteiger partial charge in [-0.05, 0) is 31.6 Å². The number of carbonyl (C=O) groups excluding carboxylic acids is 1. The molecule has 0 aromatic carbocycles. The molecule has 0 atom stereocenters. The normalized spacial score (nSPS) is 22.5. The number of rotatable bonds is 4. The molecule has 1 aliphatic rings. The molecule has 0 radical (unpaired) electrons. The van der Waals surface area contributed by atoms with E-state index in [0.29, 0.717) is 10.6 Å². The van der Waals surface area contributed by atoms with E-state index in [1.54, 1.807) is 0 Å². The third-order valence-corrected chi connectivity index (χ3v) is 4.57. The standard InChI is InChI=1S/C12H18F3N5OS/c1-7-2-4-8(5-3-7)17-9(21)6-22-11-19-18-10(20(11)16)12(13,14)15/h7-8H,2-6,16H2,1H3,(H,17,21). The Kier molecular flexibility index (Phi) is 5.20. The number of hydrogen-bond acceptors (Lipinski definition) is 5. The average molecular weight is 337 g/mol. The second kappa shape index (κ2) is 6.76. The van der Waals surface area contributed by atoms with Gasteiger partial charge in [0.05, 0.1) is 5.75 Å². The van der Waals surface area contributed by atoms with Crippen molar-refractivity contribution in [2.75, 3.05) is 11.6 Å². The lowest BCUT2D eigenvalue weighted by molar-refractivity contribution is -0.146. The fraction of sp³-hybridized carbons (Fsp3) is 0.750. The van der Waals surface area contributed by atoms with Crippen LogP contribution in [0.1, 0.15) is 38.4 Å². The molecule has 1 fully saturated rings. The van der Waals surface area contributed by atoms with Crippen molar-refractivity contribution in [3.63, 3.8) is 0 Å². The Morgan fingerprint density at radius 1 is 1.36 bits per heavy atom. The van der Waals surface area contributed by atoms with Crippen molar-refractivity contribution in [2.24, 2.45) is 5.92 Å². The summed E-state index contributed by atoms with van der Waals surface area (Å²) in [6.07, 6.45) is -0.651. The van der Waals surface area contributed by atoms with Gasteiger partial charge in [-0.2, -0.15) is 13.2 Å². The van der Waals surface area contributed by atoms with E-state index in [-0.39, 0.29) is 22.9 Å². The molecular formula is C12H18F3N5OS. The summed E-state index contributed by atoms with van der Waals surface area (Å²) in [6.45, 7) is 2.18. The maximum atomic E-state index is 12.5. The fourth-order valence-electron chi connectivity index (χ4n) is 2.37. The number of thioether (sulfide) groups is 1. The van der Waals surface area contributed by atoms with Crippen LogP contribution in [0.2, 0.25) is 0 Å². The second-order valence-corrected chi connectivity index (χ2v) is 6.43. The van der Waals surface area contributed by atoms with Crippen LogP contribution in [0.25, 0.3) is 0 Å². The van der Waals surface area contributed by atoms with Gasteiger partial charge in [-0.3, -0.25) is 4.79 Å². The van der Waals surface area contributed by atoms with E-state index < -0.39 is 12.0 Å². The molecule has 0 bridgehead atoms. The first-order valence-electron chi connectivity index (χ1n) is 6.97. The Labute approximate surface area is 130 Å². The monoisotopic (exact) mass is 337 g/mol. The quantitative estimate of drug-likeness (QED) is 0.646. The molecule has 10 heteroatoms. The largest absolute Gasteiger partial charge is 0.453 e. The van der Waals surface area contributed by atoms with E-state index in [0.717, 1.165) is 37.4 Å². The van der Waals surface area contributed by atoms with Crippen molar-refractivity contribution in [2.45, 2.75) is 50.0 Å². The summed E-state index contributed by atoms with van der Waals surface area (Å²) in [6, 6.07) is 0.144. The summed E-state index contributed by atoms with van der Waals surface area (Å²) in [5.74, 6) is 4.42. The van der Waals surface area contributed by atoms with E-state index in [4.69, 9.17) is 5.84 Å². The number of carbonyl (C=O) groups is 1. The van der Waals surface area contributed by atoms with Gasteiger partial charge in [-0.15, -0.1) is 10.2 Å². The molecule has 3 N–H and O–H groups in total. The number of amides is 1. The molecule has 6 nitrogen and oxygen atoms in total. The van der Waals surface area contributed by atoms with Crippen LogP contribution in [0.15, 0.2) is 5.16 Å². The Hall–Kier alpha value is -1.45. The number of nitrogen functional groups attached to an aromatic ring is 1. The molecule has 0 spiro atoms. The van der Waals surface area contributed by atoms with Gasteiger partial charge in [0.2, 0.25) is 11.1 Å². The predicted octanol–water partition coefficient (Wildman–Crippen LogP) is 1.80. The molecule has 22 heavy (non-hydrogen) atoms. The summed E-state index contributed by atoms with van der Waals surface area (Å²) < 4.78 is 37.9. The highest BCUT2D eigenvalue weighted by molar-refractivity contribution is 7.99. The summed E-state index contributed by atoms with van der Waals surface area (Å²) in [7, 11) is 0. The average Bonchev–Trinajstić information content (AvgIpc) is 2.80. The van der Waals surface area contributed by atoms with Crippen molar-refractivity contribution < 1.29 is 18.0 Å². The van der Waals surface area contributed by atoms with Crippen LogP contribution < -0.4 is 11.2 Å². The van der Waals surface area contributed by atoms with Crippen molar-refractivity contribution in [3.05, 3.63) is 5.82 Å². The van der Waals surface area contributed by atoms with E-state index in [1.165, 1.54) is 0 Å². The number of aromatic nitrogens is 3. The van der Waals surface area contributed by atoms with Gasteiger partial charge < -0.3 is 11.2 Å². The Bertz CT molecular complexity index is 525. The Morgan fingerprint density at radius 3 is 2.55 bits per heavy atom. The van der Waals surface area contributed by atoms with Gasteiger partial charge >= 0.3 is 6.18 Å². The van der Waals surface area contributed by atoms with E-state index in [2.05, 4.69) is 22.4 Å². The molecule has 1 aliphatic carbocycles. The topological polar surface area (TPSA) is 85.8 Å². The molecule has 1 aromatic rings. The second-order valence-electron chi connectivity index (χ2n) is 5.49. The zero-order valence-corrected chi connectivity index (χ0v) is 12.9. The molecule has 1 heterocycles. The number of nitrogens with zero attached hydrogens (tertiary/aromatic N) is 3. The van der Waals surface area contributed by atoms with Gasteiger partial charge in [-0.25, -0.2) is 4.68 Å². The summed E-state index contributed by atoms with van der Waals surface area (Å²) in [4.78, 5) is 11.8. The highest BCUT2D eigenvalue weighted by Gasteiger charge is 2.38. The van der Waals surface area contributed by atoms with Crippen LogP contribution >= 0.6 is 11.8 Å². The lowest BCUT2D eigenvalue weighted by atomic mass is 9.87. The number of alkyl halides is 3. The number of halogens is 3. The minimum atomic E-state index is -4.67. The number of nitrogens with two attached hydrogens (primary N) is 1. The molecule has 2 rings (SSSR count). The first kappa shape index (κ1) is 16.9. The summed E-state index contributed by atoms with van der Waals surface area (Å²) in [5.41, 5.74) is 0. The van der Waals surface area contributed by atoms with Crippen molar-refractivity contribution in [1.82, 2.24) is 20.2 Å². The van der Waals surface area contributed by atoms with Crippen LogP contribution in [0.5, 0.6) is 0 Å². The maximum Gasteiger partial charge on any atom is 0.453 e. The van der Waals surface area contributed by atoms with Gasteiger partial charge in [0.15, 0.2) is 0 Å². The van der Waals surface area contributed by atoms with Crippen molar-refractivity contribution >= 4 is 17.7 Å². The third-order valence-electron chi connectivity index (χ3n) is 3.63. The minimum absolute atomic E-state index is 0.0424. The lowest BCUT2D eigenvalue weighted by Crippen LogP contribution is -2.38. The predicted molar refractivity (Wildman–Crippen MR) is 75.5 cm³/mol. The molecule has 0 aliphatic heterocycles. The number of hydrogen-bond donors (Lipinski definition) is 2. The first-order chi connectivity index (χ1) is 10.3. The summed E-state index contributed by atoms with van der Waals surface area (Å²) in [5, 5.41) is 9.11. The molecule has 1 aromatic heterocycles. The Balaban J connectivity index is 1.83. The molecular weight excluding hydrogens is 319 g/mol.